The second-order valence-electron chi connectivity index (χ2n) is 4.64. The first-order chi connectivity index (χ1) is 10.1. The number of benzene rings is 1. The molecule has 6 heteroatoms. The lowest BCUT2D eigenvalue weighted by Gasteiger charge is -2.26. The highest BCUT2D eigenvalue weighted by atomic mass is 19.3. The molecule has 4 nitrogen and oxygen atoms in total. The zero-order valence-electron chi connectivity index (χ0n) is 11.7. The van der Waals surface area contributed by atoms with Gasteiger partial charge < -0.3 is 14.4 Å². The first-order valence-electron chi connectivity index (χ1n) is 6.67. The molecule has 0 aliphatic carbocycles. The van der Waals surface area contributed by atoms with Crippen LogP contribution in [0, 0.1) is 0 Å². The highest BCUT2D eigenvalue weighted by Crippen LogP contribution is 2.27. The van der Waals surface area contributed by atoms with Crippen LogP contribution in [-0.4, -0.2) is 43.7 Å². The summed E-state index contributed by atoms with van der Waals surface area (Å²) in [5, 5.41) is 0. The van der Waals surface area contributed by atoms with E-state index in [9.17, 15) is 13.6 Å². The molecule has 0 radical (unpaired) electrons. The van der Waals surface area contributed by atoms with E-state index in [1.54, 1.807) is 30.0 Å². The van der Waals surface area contributed by atoms with Gasteiger partial charge in [-0.3, -0.25) is 4.79 Å². The maximum absolute atomic E-state index is 12.4. The van der Waals surface area contributed by atoms with Crippen LogP contribution in [0.1, 0.15) is 12.5 Å². The fourth-order valence-corrected chi connectivity index (χ4v) is 2.13. The minimum atomic E-state index is -2.89. The van der Waals surface area contributed by atoms with E-state index in [1.807, 2.05) is 0 Å². The molecule has 0 unspecified atom stereocenters. The summed E-state index contributed by atoms with van der Waals surface area (Å²) in [7, 11) is 0. The third-order valence-electron chi connectivity index (χ3n) is 3.19. The Labute approximate surface area is 121 Å². The second-order valence-corrected chi connectivity index (χ2v) is 4.64. The van der Waals surface area contributed by atoms with E-state index in [0.717, 1.165) is 0 Å². The van der Waals surface area contributed by atoms with Gasteiger partial charge >= 0.3 is 6.61 Å². The normalized spacial score (nSPS) is 16.2. The summed E-state index contributed by atoms with van der Waals surface area (Å²) in [6.45, 7) is 0.920. The maximum atomic E-state index is 12.4. The zero-order chi connectivity index (χ0) is 15.2. The fraction of sp³-hybridized carbons (Fsp3) is 0.400. The van der Waals surface area contributed by atoms with Gasteiger partial charge in [-0.15, -0.1) is 0 Å². The number of para-hydroxylation sites is 1. The average Bonchev–Trinajstić information content (AvgIpc) is 2.48. The van der Waals surface area contributed by atoms with Crippen LogP contribution in [-0.2, 0) is 9.53 Å². The molecule has 0 saturated carbocycles. The van der Waals surface area contributed by atoms with E-state index in [-0.39, 0.29) is 11.7 Å². The lowest BCUT2D eigenvalue weighted by atomic mass is 10.1. The predicted octanol–water partition coefficient (Wildman–Crippen LogP) is 2.55. The number of amides is 1. The number of ether oxygens (including phenoxy) is 2. The van der Waals surface area contributed by atoms with Gasteiger partial charge in [0.2, 0.25) is 5.91 Å². The Morgan fingerprint density at radius 3 is 2.67 bits per heavy atom. The number of carbonyl (C=O) groups is 1. The molecule has 0 N–H and O–H groups in total. The van der Waals surface area contributed by atoms with Gasteiger partial charge in [-0.25, -0.2) is 0 Å². The number of allylic oxidation sites excluding steroid dienone is 1. The van der Waals surface area contributed by atoms with Crippen LogP contribution in [0.15, 0.2) is 30.3 Å². The molecule has 1 aliphatic heterocycles. The molecule has 1 aromatic carbocycles. The van der Waals surface area contributed by atoms with Gasteiger partial charge in [0.15, 0.2) is 0 Å². The van der Waals surface area contributed by atoms with Crippen molar-refractivity contribution in [2.45, 2.75) is 13.5 Å². The second kappa shape index (κ2) is 7.17. The van der Waals surface area contributed by atoms with Crippen molar-refractivity contribution in [1.82, 2.24) is 4.90 Å². The molecule has 0 bridgehead atoms. The molecule has 1 aliphatic rings. The van der Waals surface area contributed by atoms with Gasteiger partial charge in [-0.1, -0.05) is 18.2 Å². The fourth-order valence-electron chi connectivity index (χ4n) is 2.13. The van der Waals surface area contributed by atoms with E-state index in [0.29, 0.717) is 37.4 Å². The SMILES string of the molecule is CC(=CC(=O)N1CCOCC1)c1ccccc1OC(F)F. The largest absolute Gasteiger partial charge is 0.434 e. The third-order valence-corrected chi connectivity index (χ3v) is 3.19. The van der Waals surface area contributed by atoms with Crippen molar-refractivity contribution in [3.63, 3.8) is 0 Å². The summed E-state index contributed by atoms with van der Waals surface area (Å²) in [4.78, 5) is 13.8. The summed E-state index contributed by atoms with van der Waals surface area (Å²) in [6, 6.07) is 6.43. The van der Waals surface area contributed by atoms with Crippen molar-refractivity contribution in [2.75, 3.05) is 26.3 Å². The molecule has 1 saturated heterocycles. The molecule has 1 fully saturated rings. The van der Waals surface area contributed by atoms with Gasteiger partial charge in [0, 0.05) is 24.7 Å². The van der Waals surface area contributed by atoms with Gasteiger partial charge in [0.25, 0.3) is 0 Å². The van der Waals surface area contributed by atoms with E-state index in [2.05, 4.69) is 4.74 Å². The van der Waals surface area contributed by atoms with Crippen LogP contribution in [0.3, 0.4) is 0 Å². The Balaban J connectivity index is 2.16. The van der Waals surface area contributed by atoms with Crippen LogP contribution in [0.4, 0.5) is 8.78 Å². The number of carbonyl (C=O) groups excluding carboxylic acids is 1. The smallest absolute Gasteiger partial charge is 0.387 e. The van der Waals surface area contributed by atoms with Crippen molar-refractivity contribution < 1.29 is 23.0 Å². The number of halogens is 2. The Hall–Kier alpha value is -1.95. The topological polar surface area (TPSA) is 38.8 Å². The standard InChI is InChI=1S/C15H17F2NO3/c1-11(10-14(19)18-6-8-20-9-7-18)12-4-2-3-5-13(12)21-15(16)17/h2-5,10,15H,6-9H2,1H3. The highest BCUT2D eigenvalue weighted by molar-refractivity contribution is 5.95. The minimum absolute atomic E-state index is 0.0658. The summed E-state index contributed by atoms with van der Waals surface area (Å²) in [6.07, 6.45) is 1.44. The molecule has 1 heterocycles. The van der Waals surface area contributed by atoms with Crippen LogP contribution in [0.5, 0.6) is 5.75 Å². The van der Waals surface area contributed by atoms with Crippen molar-refractivity contribution >= 4 is 11.5 Å². The molecule has 0 spiro atoms. The lowest BCUT2D eigenvalue weighted by molar-refractivity contribution is -0.129. The van der Waals surface area contributed by atoms with Crippen molar-refractivity contribution in [1.29, 1.82) is 0 Å². The quantitative estimate of drug-likeness (QED) is 0.802. The molecular weight excluding hydrogens is 280 g/mol. The molecule has 1 aromatic rings. The average molecular weight is 297 g/mol. The van der Waals surface area contributed by atoms with Crippen LogP contribution >= 0.6 is 0 Å². The molecule has 1 amide bonds. The Bertz CT molecular complexity index is 525. The van der Waals surface area contributed by atoms with E-state index >= 15 is 0 Å². The van der Waals surface area contributed by atoms with Crippen molar-refractivity contribution in [3.8, 4) is 5.75 Å². The first kappa shape index (κ1) is 15.4. The van der Waals surface area contributed by atoms with Crippen LogP contribution in [0.2, 0.25) is 0 Å². The number of morpholine rings is 1. The highest BCUT2D eigenvalue weighted by Gasteiger charge is 2.16. The zero-order valence-corrected chi connectivity index (χ0v) is 11.7. The number of hydrogen-bond acceptors (Lipinski definition) is 3. The number of alkyl halides is 2. The summed E-state index contributed by atoms with van der Waals surface area (Å²) in [5.41, 5.74) is 1.07. The minimum Gasteiger partial charge on any atom is -0.434 e. The summed E-state index contributed by atoms with van der Waals surface area (Å²) < 4.78 is 34.4. The first-order valence-corrected chi connectivity index (χ1v) is 6.67. The van der Waals surface area contributed by atoms with E-state index in [1.165, 1.54) is 12.1 Å². The monoisotopic (exact) mass is 297 g/mol. The summed E-state index contributed by atoms with van der Waals surface area (Å²) in [5.74, 6) is -0.0846. The third kappa shape index (κ3) is 4.26. The molecule has 114 valence electrons. The number of nitrogens with zero attached hydrogens (tertiary/aromatic N) is 1. The Morgan fingerprint density at radius 2 is 2.00 bits per heavy atom. The predicted molar refractivity (Wildman–Crippen MR) is 74.1 cm³/mol. The molecule has 0 atom stereocenters. The summed E-state index contributed by atoms with van der Waals surface area (Å²) >= 11 is 0. The van der Waals surface area contributed by atoms with Gasteiger partial charge in [0.05, 0.1) is 13.2 Å². The van der Waals surface area contributed by atoms with Crippen molar-refractivity contribution in [3.05, 3.63) is 35.9 Å². The van der Waals surface area contributed by atoms with Gasteiger partial charge in [-0.05, 0) is 18.6 Å². The van der Waals surface area contributed by atoms with Crippen LogP contribution in [0.25, 0.3) is 5.57 Å². The number of rotatable bonds is 4. The van der Waals surface area contributed by atoms with E-state index in [4.69, 9.17) is 4.74 Å². The van der Waals surface area contributed by atoms with Gasteiger partial charge in [-0.2, -0.15) is 8.78 Å². The lowest BCUT2D eigenvalue weighted by Crippen LogP contribution is -2.39. The molecular formula is C15H17F2NO3. The molecule has 0 aromatic heterocycles. The van der Waals surface area contributed by atoms with Gasteiger partial charge in [0.1, 0.15) is 5.75 Å². The maximum Gasteiger partial charge on any atom is 0.387 e. The van der Waals surface area contributed by atoms with Crippen LogP contribution < -0.4 is 4.74 Å². The molecule has 21 heavy (non-hydrogen) atoms. The molecule has 2 rings (SSSR count). The van der Waals surface area contributed by atoms with Crippen molar-refractivity contribution in [2.24, 2.45) is 0 Å². The van der Waals surface area contributed by atoms with E-state index < -0.39 is 6.61 Å². The Morgan fingerprint density at radius 1 is 1.33 bits per heavy atom. The number of hydrogen-bond donors (Lipinski definition) is 0. The Kier molecular flexibility index (Phi) is 5.27.